The summed E-state index contributed by atoms with van der Waals surface area (Å²) < 4.78 is 0. The minimum Gasteiger partial charge on any atom is -0.366 e. The minimum atomic E-state index is -0.350. The predicted octanol–water partition coefficient (Wildman–Crippen LogP) is 0.707. The number of aromatic amines is 2. The highest BCUT2D eigenvalue weighted by Crippen LogP contribution is 2.16. The smallest absolute Gasteiger partial charge is 0.288 e. The van der Waals surface area contributed by atoms with Crippen LogP contribution in [0.5, 0.6) is 0 Å². The number of amides is 1. The van der Waals surface area contributed by atoms with Crippen molar-refractivity contribution in [1.29, 1.82) is 0 Å². The third-order valence-corrected chi connectivity index (χ3v) is 2.94. The van der Waals surface area contributed by atoms with Gasteiger partial charge in [-0.15, -0.1) is 5.10 Å². The molecule has 0 spiro atoms. The van der Waals surface area contributed by atoms with Gasteiger partial charge in [-0.3, -0.25) is 15.0 Å². The summed E-state index contributed by atoms with van der Waals surface area (Å²) in [5.41, 5.74) is 8.30. The van der Waals surface area contributed by atoms with E-state index in [9.17, 15) is 4.79 Å². The van der Waals surface area contributed by atoms with Crippen LogP contribution in [-0.2, 0) is 6.54 Å². The molecule has 2 heterocycles. The first-order valence-corrected chi connectivity index (χ1v) is 6.27. The number of H-pyrrole nitrogens is 2. The zero-order valence-electron chi connectivity index (χ0n) is 11.0. The van der Waals surface area contributed by atoms with E-state index in [2.05, 4.69) is 30.7 Å². The van der Waals surface area contributed by atoms with E-state index in [-0.39, 0.29) is 17.7 Å². The van der Waals surface area contributed by atoms with Crippen LogP contribution in [0.1, 0.15) is 16.2 Å². The second-order valence-electron chi connectivity index (χ2n) is 4.39. The fourth-order valence-corrected chi connectivity index (χ4v) is 1.86. The average Bonchev–Trinajstić information content (AvgIpc) is 3.16. The topological polar surface area (TPSA) is 125 Å². The molecule has 8 nitrogen and oxygen atoms in total. The number of nitrogens with one attached hydrogen (secondary N) is 3. The molecule has 0 saturated heterocycles. The number of anilines is 1. The number of nitrogens with zero attached hydrogens (tertiary/aromatic N) is 3. The van der Waals surface area contributed by atoms with Crippen molar-refractivity contribution in [2.24, 2.45) is 0 Å². The molecule has 106 valence electrons. The highest BCUT2D eigenvalue weighted by Gasteiger charge is 2.10. The van der Waals surface area contributed by atoms with Crippen molar-refractivity contribution in [3.8, 4) is 11.3 Å². The molecule has 3 aromatic rings. The molecule has 0 saturated carbocycles. The molecule has 0 atom stereocenters. The van der Waals surface area contributed by atoms with E-state index < -0.39 is 0 Å². The fourth-order valence-electron chi connectivity index (χ4n) is 1.86. The quantitative estimate of drug-likeness (QED) is 0.561. The summed E-state index contributed by atoms with van der Waals surface area (Å²) in [6.45, 7) is 0.392. The van der Waals surface area contributed by atoms with Gasteiger partial charge in [0.2, 0.25) is 11.8 Å². The second kappa shape index (κ2) is 5.45. The van der Waals surface area contributed by atoms with Gasteiger partial charge in [0, 0.05) is 12.7 Å². The number of carbonyl (C=O) groups is 1. The Balaban J connectivity index is 1.62. The van der Waals surface area contributed by atoms with Crippen LogP contribution in [0.15, 0.2) is 36.5 Å². The molecule has 0 aliphatic rings. The van der Waals surface area contributed by atoms with Crippen molar-refractivity contribution in [3.63, 3.8) is 0 Å². The standard InChI is InChI=1S/C13H13N7O/c14-13-17-11(19-20-13)12(21)15-7-8-1-3-9(4-2-8)10-5-6-16-18-10/h1-6H,7H2,(H,15,21)(H,16,18)(H3,14,17,19,20). The molecule has 1 aromatic carbocycles. The summed E-state index contributed by atoms with van der Waals surface area (Å²) in [7, 11) is 0. The number of hydrogen-bond acceptors (Lipinski definition) is 5. The van der Waals surface area contributed by atoms with Gasteiger partial charge in [-0.2, -0.15) is 10.1 Å². The summed E-state index contributed by atoms with van der Waals surface area (Å²) >= 11 is 0. The lowest BCUT2D eigenvalue weighted by Crippen LogP contribution is -2.24. The maximum absolute atomic E-state index is 11.8. The molecule has 1 amide bonds. The lowest BCUT2D eigenvalue weighted by Gasteiger charge is -2.04. The predicted molar refractivity (Wildman–Crippen MR) is 76.0 cm³/mol. The van der Waals surface area contributed by atoms with Crippen LogP contribution in [0.2, 0.25) is 0 Å². The van der Waals surface area contributed by atoms with E-state index in [0.717, 1.165) is 16.8 Å². The Morgan fingerprint density at radius 2 is 2.00 bits per heavy atom. The van der Waals surface area contributed by atoms with Crippen molar-refractivity contribution >= 4 is 11.9 Å². The van der Waals surface area contributed by atoms with Crippen LogP contribution in [0.25, 0.3) is 11.3 Å². The third-order valence-electron chi connectivity index (χ3n) is 2.94. The molecule has 0 aliphatic carbocycles. The highest BCUT2D eigenvalue weighted by molar-refractivity contribution is 5.90. The maximum Gasteiger partial charge on any atom is 0.288 e. The monoisotopic (exact) mass is 283 g/mol. The largest absolute Gasteiger partial charge is 0.366 e. The molecular formula is C13H13N7O. The number of aromatic nitrogens is 5. The normalized spacial score (nSPS) is 10.5. The summed E-state index contributed by atoms with van der Waals surface area (Å²) in [6, 6.07) is 9.68. The van der Waals surface area contributed by atoms with E-state index in [1.807, 2.05) is 30.3 Å². The molecule has 2 aromatic heterocycles. The number of nitrogen functional groups attached to an aromatic ring is 1. The molecule has 0 fully saturated rings. The van der Waals surface area contributed by atoms with Crippen molar-refractivity contribution in [2.75, 3.05) is 5.73 Å². The Morgan fingerprint density at radius 3 is 2.62 bits per heavy atom. The summed E-state index contributed by atoms with van der Waals surface area (Å²) in [5, 5.41) is 15.6. The van der Waals surface area contributed by atoms with Crippen LogP contribution in [0, 0.1) is 0 Å². The van der Waals surface area contributed by atoms with Gasteiger partial charge in [-0.1, -0.05) is 24.3 Å². The zero-order valence-corrected chi connectivity index (χ0v) is 11.0. The lowest BCUT2D eigenvalue weighted by molar-refractivity contribution is 0.0941. The van der Waals surface area contributed by atoms with Crippen LogP contribution in [0.3, 0.4) is 0 Å². The van der Waals surface area contributed by atoms with E-state index >= 15 is 0 Å². The molecule has 0 radical (unpaired) electrons. The number of benzene rings is 1. The van der Waals surface area contributed by atoms with Crippen LogP contribution >= 0.6 is 0 Å². The number of carbonyl (C=O) groups excluding carboxylic acids is 1. The third kappa shape index (κ3) is 2.89. The minimum absolute atomic E-state index is 0.0454. The Bertz CT molecular complexity index is 730. The molecule has 5 N–H and O–H groups in total. The fraction of sp³-hybridized carbons (Fsp3) is 0.0769. The Morgan fingerprint density at radius 1 is 1.19 bits per heavy atom. The average molecular weight is 283 g/mol. The Hall–Kier alpha value is -3.16. The number of rotatable bonds is 4. The summed E-state index contributed by atoms with van der Waals surface area (Å²) in [6.07, 6.45) is 1.70. The van der Waals surface area contributed by atoms with Crippen molar-refractivity contribution in [1.82, 2.24) is 30.7 Å². The summed E-state index contributed by atoms with van der Waals surface area (Å²) in [5.74, 6) is -0.206. The number of nitrogens with two attached hydrogens (primary N) is 1. The Kier molecular flexibility index (Phi) is 3.34. The van der Waals surface area contributed by atoms with E-state index in [0.29, 0.717) is 6.54 Å². The van der Waals surface area contributed by atoms with Crippen molar-refractivity contribution in [2.45, 2.75) is 6.54 Å². The SMILES string of the molecule is Nc1n[nH]c(C(=O)NCc2ccc(-c3ccn[nH]3)cc2)n1. The zero-order chi connectivity index (χ0) is 14.7. The Labute approximate surface area is 119 Å². The summed E-state index contributed by atoms with van der Waals surface area (Å²) in [4.78, 5) is 15.5. The van der Waals surface area contributed by atoms with Gasteiger partial charge in [0.05, 0.1) is 5.69 Å². The van der Waals surface area contributed by atoms with Gasteiger partial charge in [0.25, 0.3) is 5.91 Å². The van der Waals surface area contributed by atoms with Crippen LogP contribution in [0.4, 0.5) is 5.95 Å². The van der Waals surface area contributed by atoms with E-state index in [1.54, 1.807) is 6.20 Å². The lowest BCUT2D eigenvalue weighted by atomic mass is 10.1. The molecule has 0 aliphatic heterocycles. The molecule has 0 bridgehead atoms. The van der Waals surface area contributed by atoms with Gasteiger partial charge in [0.15, 0.2) is 0 Å². The molecule has 21 heavy (non-hydrogen) atoms. The molecule has 0 unspecified atom stereocenters. The van der Waals surface area contributed by atoms with Crippen LogP contribution < -0.4 is 11.1 Å². The second-order valence-corrected chi connectivity index (χ2v) is 4.39. The highest BCUT2D eigenvalue weighted by atomic mass is 16.2. The first-order valence-electron chi connectivity index (χ1n) is 6.27. The van der Waals surface area contributed by atoms with E-state index in [1.165, 1.54) is 0 Å². The maximum atomic E-state index is 11.8. The van der Waals surface area contributed by atoms with Crippen molar-refractivity contribution in [3.05, 3.63) is 47.9 Å². The molecule has 3 rings (SSSR count). The van der Waals surface area contributed by atoms with Crippen molar-refractivity contribution < 1.29 is 4.79 Å². The van der Waals surface area contributed by atoms with Gasteiger partial charge in [-0.25, -0.2) is 0 Å². The van der Waals surface area contributed by atoms with Gasteiger partial charge in [0.1, 0.15) is 0 Å². The van der Waals surface area contributed by atoms with Gasteiger partial charge in [-0.05, 0) is 17.2 Å². The van der Waals surface area contributed by atoms with Gasteiger partial charge < -0.3 is 11.1 Å². The van der Waals surface area contributed by atoms with Gasteiger partial charge >= 0.3 is 0 Å². The number of hydrogen-bond donors (Lipinski definition) is 4. The molecule has 8 heteroatoms. The first kappa shape index (κ1) is 12.9. The molecular weight excluding hydrogens is 270 g/mol. The van der Waals surface area contributed by atoms with E-state index in [4.69, 9.17) is 5.73 Å². The first-order chi connectivity index (χ1) is 10.2. The van der Waals surface area contributed by atoms with Crippen LogP contribution in [-0.4, -0.2) is 31.3 Å².